The molecule has 0 radical (unpaired) electrons. The quantitative estimate of drug-likeness (QED) is 0.350. The van der Waals surface area contributed by atoms with Crippen molar-refractivity contribution in [2.24, 2.45) is 11.0 Å². The zero-order valence-corrected chi connectivity index (χ0v) is 14.2. The summed E-state index contributed by atoms with van der Waals surface area (Å²) in [7, 11) is 0. The molecule has 0 fully saturated rings. The van der Waals surface area contributed by atoms with E-state index in [1.54, 1.807) is 6.07 Å². The number of ether oxygens (including phenoxy) is 1. The van der Waals surface area contributed by atoms with E-state index in [1.165, 1.54) is 0 Å². The summed E-state index contributed by atoms with van der Waals surface area (Å²) < 4.78 is 5.66. The minimum Gasteiger partial charge on any atom is -0.493 e. The lowest BCUT2D eigenvalue weighted by Crippen LogP contribution is -2.19. The molecule has 1 atom stereocenters. The van der Waals surface area contributed by atoms with Gasteiger partial charge in [-0.05, 0) is 62.3 Å². The minimum absolute atomic E-state index is 0.0796. The Balaban J connectivity index is 1.61. The van der Waals surface area contributed by atoms with Crippen molar-refractivity contribution in [3.8, 4) is 5.75 Å². The van der Waals surface area contributed by atoms with Gasteiger partial charge in [0.05, 0.1) is 6.61 Å². The SMILES string of the molecule is Cc1cc(Cl)ccc1OCCCC(=O)NN=CC1CC=CCC1. The van der Waals surface area contributed by atoms with Gasteiger partial charge in [-0.2, -0.15) is 5.10 Å². The number of rotatable bonds is 7. The summed E-state index contributed by atoms with van der Waals surface area (Å²) in [5.41, 5.74) is 3.57. The van der Waals surface area contributed by atoms with Crippen molar-refractivity contribution in [2.45, 2.75) is 39.0 Å². The topological polar surface area (TPSA) is 50.7 Å². The van der Waals surface area contributed by atoms with Crippen LogP contribution in [0.2, 0.25) is 5.02 Å². The van der Waals surface area contributed by atoms with Gasteiger partial charge in [-0.25, -0.2) is 5.43 Å². The molecule has 1 aromatic carbocycles. The number of benzene rings is 1. The number of hydrazone groups is 1. The third-order valence-electron chi connectivity index (χ3n) is 3.73. The van der Waals surface area contributed by atoms with Gasteiger partial charge in [-0.15, -0.1) is 0 Å². The highest BCUT2D eigenvalue weighted by molar-refractivity contribution is 6.30. The summed E-state index contributed by atoms with van der Waals surface area (Å²) in [6.07, 6.45) is 10.4. The number of hydrogen-bond donors (Lipinski definition) is 1. The van der Waals surface area contributed by atoms with E-state index in [0.717, 1.165) is 30.6 Å². The van der Waals surface area contributed by atoms with E-state index in [2.05, 4.69) is 22.7 Å². The normalized spacial score (nSPS) is 17.4. The molecular weight excluding hydrogens is 312 g/mol. The predicted octanol–water partition coefficient (Wildman–Crippen LogP) is 4.27. The minimum atomic E-state index is -0.0796. The van der Waals surface area contributed by atoms with Gasteiger partial charge in [-0.3, -0.25) is 4.79 Å². The van der Waals surface area contributed by atoms with Gasteiger partial charge in [0.15, 0.2) is 0 Å². The fraction of sp³-hybridized carbons (Fsp3) is 0.444. The van der Waals surface area contributed by atoms with Gasteiger partial charge in [0.1, 0.15) is 5.75 Å². The number of amides is 1. The van der Waals surface area contributed by atoms with Crippen LogP contribution in [0, 0.1) is 12.8 Å². The maximum Gasteiger partial charge on any atom is 0.240 e. The molecule has 23 heavy (non-hydrogen) atoms. The van der Waals surface area contributed by atoms with Crippen LogP contribution < -0.4 is 10.2 Å². The Morgan fingerprint density at radius 1 is 1.48 bits per heavy atom. The fourth-order valence-electron chi connectivity index (χ4n) is 2.41. The van der Waals surface area contributed by atoms with Crippen molar-refractivity contribution in [3.05, 3.63) is 40.9 Å². The van der Waals surface area contributed by atoms with Crippen LogP contribution in [0.15, 0.2) is 35.5 Å². The average Bonchev–Trinajstić information content (AvgIpc) is 2.54. The molecule has 1 aliphatic rings. The Morgan fingerprint density at radius 3 is 3.09 bits per heavy atom. The van der Waals surface area contributed by atoms with Gasteiger partial charge in [0, 0.05) is 17.7 Å². The van der Waals surface area contributed by atoms with E-state index in [0.29, 0.717) is 30.4 Å². The summed E-state index contributed by atoms with van der Waals surface area (Å²) in [4.78, 5) is 11.7. The molecule has 1 aromatic rings. The maximum absolute atomic E-state index is 11.7. The van der Waals surface area contributed by atoms with Crippen LogP contribution in [0.25, 0.3) is 0 Å². The first-order valence-electron chi connectivity index (χ1n) is 8.01. The summed E-state index contributed by atoms with van der Waals surface area (Å²) in [6, 6.07) is 5.51. The Bertz CT molecular complexity index is 584. The van der Waals surface area contributed by atoms with Crippen molar-refractivity contribution in [1.82, 2.24) is 5.43 Å². The number of nitrogens with one attached hydrogen (secondary N) is 1. The Labute approximate surface area is 142 Å². The molecule has 0 saturated carbocycles. The van der Waals surface area contributed by atoms with Crippen LogP contribution in [-0.4, -0.2) is 18.7 Å². The van der Waals surface area contributed by atoms with Crippen molar-refractivity contribution < 1.29 is 9.53 Å². The number of allylic oxidation sites excluding steroid dienone is 2. The van der Waals surface area contributed by atoms with Gasteiger partial charge < -0.3 is 4.74 Å². The molecule has 0 bridgehead atoms. The molecule has 0 spiro atoms. The Hall–Kier alpha value is -1.81. The number of halogens is 1. The van der Waals surface area contributed by atoms with Crippen molar-refractivity contribution in [3.63, 3.8) is 0 Å². The molecule has 1 N–H and O–H groups in total. The second-order valence-electron chi connectivity index (χ2n) is 5.72. The van der Waals surface area contributed by atoms with Crippen LogP contribution in [0.1, 0.15) is 37.7 Å². The fourth-order valence-corrected chi connectivity index (χ4v) is 2.64. The smallest absolute Gasteiger partial charge is 0.240 e. The van der Waals surface area contributed by atoms with Crippen LogP contribution in [0.5, 0.6) is 5.75 Å². The zero-order valence-electron chi connectivity index (χ0n) is 13.4. The van der Waals surface area contributed by atoms with Crippen LogP contribution in [0.3, 0.4) is 0 Å². The van der Waals surface area contributed by atoms with Crippen molar-refractivity contribution in [1.29, 1.82) is 0 Å². The molecule has 0 saturated heterocycles. The zero-order chi connectivity index (χ0) is 16.5. The second-order valence-corrected chi connectivity index (χ2v) is 6.16. The van der Waals surface area contributed by atoms with E-state index in [9.17, 15) is 4.79 Å². The lowest BCUT2D eigenvalue weighted by Gasteiger charge is -2.11. The summed E-state index contributed by atoms with van der Waals surface area (Å²) >= 11 is 5.90. The monoisotopic (exact) mass is 334 g/mol. The lowest BCUT2D eigenvalue weighted by atomic mass is 9.96. The number of carbonyl (C=O) groups excluding carboxylic acids is 1. The molecule has 1 aliphatic carbocycles. The molecule has 0 aliphatic heterocycles. The predicted molar refractivity (Wildman–Crippen MR) is 94.0 cm³/mol. The van der Waals surface area contributed by atoms with Gasteiger partial charge in [0.2, 0.25) is 5.91 Å². The molecule has 2 rings (SSSR count). The van der Waals surface area contributed by atoms with Crippen molar-refractivity contribution >= 4 is 23.7 Å². The molecule has 0 aromatic heterocycles. The highest BCUT2D eigenvalue weighted by Crippen LogP contribution is 2.21. The average molecular weight is 335 g/mol. The molecular formula is C18H23ClN2O2. The van der Waals surface area contributed by atoms with Crippen molar-refractivity contribution in [2.75, 3.05) is 6.61 Å². The standard InChI is InChI=1S/C18H23ClN2O2/c1-14-12-16(19)9-10-17(14)23-11-5-8-18(22)21-20-13-15-6-3-2-4-7-15/h2-3,9-10,12-13,15H,4-8,11H2,1H3,(H,21,22). The van der Waals surface area contributed by atoms with Gasteiger partial charge in [-0.1, -0.05) is 23.8 Å². The van der Waals surface area contributed by atoms with Crippen LogP contribution in [0.4, 0.5) is 0 Å². The van der Waals surface area contributed by atoms with Gasteiger partial charge in [0.25, 0.3) is 0 Å². The third-order valence-corrected chi connectivity index (χ3v) is 3.96. The molecule has 1 unspecified atom stereocenters. The number of nitrogens with zero attached hydrogens (tertiary/aromatic N) is 1. The van der Waals surface area contributed by atoms with Crippen LogP contribution in [-0.2, 0) is 4.79 Å². The summed E-state index contributed by atoms with van der Waals surface area (Å²) in [6.45, 7) is 2.44. The highest BCUT2D eigenvalue weighted by Gasteiger charge is 2.07. The number of hydrogen-bond acceptors (Lipinski definition) is 3. The summed E-state index contributed by atoms with van der Waals surface area (Å²) in [5, 5.41) is 4.74. The molecule has 1 amide bonds. The molecule has 5 heteroatoms. The van der Waals surface area contributed by atoms with E-state index < -0.39 is 0 Å². The van der Waals surface area contributed by atoms with Crippen LogP contribution >= 0.6 is 11.6 Å². The number of aryl methyl sites for hydroxylation is 1. The first-order valence-corrected chi connectivity index (χ1v) is 8.39. The van der Waals surface area contributed by atoms with Gasteiger partial charge >= 0.3 is 0 Å². The first-order chi connectivity index (χ1) is 11.1. The second kappa shape index (κ2) is 9.36. The largest absolute Gasteiger partial charge is 0.493 e. The highest BCUT2D eigenvalue weighted by atomic mass is 35.5. The molecule has 4 nitrogen and oxygen atoms in total. The maximum atomic E-state index is 11.7. The summed E-state index contributed by atoms with van der Waals surface area (Å²) in [5.74, 6) is 1.17. The Kier molecular flexibility index (Phi) is 7.14. The third kappa shape index (κ3) is 6.45. The number of carbonyl (C=O) groups is 1. The lowest BCUT2D eigenvalue weighted by molar-refractivity contribution is -0.121. The van der Waals surface area contributed by atoms with E-state index in [1.807, 2.05) is 25.3 Å². The molecule has 0 heterocycles. The molecule has 124 valence electrons. The Morgan fingerprint density at radius 2 is 2.35 bits per heavy atom. The first kappa shape index (κ1) is 17.5. The van der Waals surface area contributed by atoms with E-state index >= 15 is 0 Å². The van der Waals surface area contributed by atoms with E-state index in [-0.39, 0.29) is 5.91 Å². The van der Waals surface area contributed by atoms with E-state index in [4.69, 9.17) is 16.3 Å².